The van der Waals surface area contributed by atoms with E-state index in [-0.39, 0.29) is 18.1 Å². The summed E-state index contributed by atoms with van der Waals surface area (Å²) < 4.78 is 10.3. The maximum Gasteiger partial charge on any atom is 0.410 e. The van der Waals surface area contributed by atoms with Gasteiger partial charge in [-0.15, -0.1) is 0 Å². The number of hydrogen-bond donors (Lipinski definition) is 1. The van der Waals surface area contributed by atoms with Crippen molar-refractivity contribution in [1.82, 2.24) is 4.90 Å². The van der Waals surface area contributed by atoms with Crippen LogP contribution in [0.25, 0.3) is 0 Å². The molecular formula is C14H27NO4. The van der Waals surface area contributed by atoms with Crippen molar-refractivity contribution in [1.29, 1.82) is 0 Å². The highest BCUT2D eigenvalue weighted by Crippen LogP contribution is 2.24. The Hall–Kier alpha value is -0.810. The summed E-state index contributed by atoms with van der Waals surface area (Å²) in [4.78, 5) is 13.6. The zero-order valence-corrected chi connectivity index (χ0v) is 12.5. The Morgan fingerprint density at radius 3 is 2.74 bits per heavy atom. The van der Waals surface area contributed by atoms with E-state index in [1.807, 2.05) is 20.8 Å². The minimum atomic E-state index is -0.466. The van der Waals surface area contributed by atoms with Gasteiger partial charge in [0, 0.05) is 32.7 Å². The predicted molar refractivity (Wildman–Crippen MR) is 73.0 cm³/mol. The van der Waals surface area contributed by atoms with Crippen molar-refractivity contribution >= 4 is 6.09 Å². The first-order chi connectivity index (χ1) is 8.83. The molecule has 0 spiro atoms. The predicted octanol–water partition coefficient (Wildman–Crippen LogP) is 2.03. The van der Waals surface area contributed by atoms with E-state index in [0.717, 1.165) is 19.3 Å². The molecule has 0 aliphatic carbocycles. The van der Waals surface area contributed by atoms with E-state index in [1.54, 1.807) is 12.0 Å². The monoisotopic (exact) mass is 273 g/mol. The first kappa shape index (κ1) is 16.2. The van der Waals surface area contributed by atoms with Gasteiger partial charge < -0.3 is 19.5 Å². The van der Waals surface area contributed by atoms with Crippen molar-refractivity contribution < 1.29 is 19.4 Å². The molecule has 19 heavy (non-hydrogen) atoms. The van der Waals surface area contributed by atoms with Gasteiger partial charge in [0.05, 0.1) is 6.10 Å². The molecule has 0 aromatic carbocycles. The van der Waals surface area contributed by atoms with Crippen molar-refractivity contribution in [2.24, 2.45) is 5.92 Å². The Morgan fingerprint density at radius 1 is 1.47 bits per heavy atom. The number of ether oxygens (including phenoxy) is 2. The summed E-state index contributed by atoms with van der Waals surface area (Å²) in [5.41, 5.74) is -0.466. The van der Waals surface area contributed by atoms with Gasteiger partial charge in [0.25, 0.3) is 0 Å². The zero-order chi connectivity index (χ0) is 14.5. The van der Waals surface area contributed by atoms with Crippen molar-refractivity contribution in [3.63, 3.8) is 0 Å². The van der Waals surface area contributed by atoms with Gasteiger partial charge >= 0.3 is 6.09 Å². The third-order valence-corrected chi connectivity index (χ3v) is 3.27. The molecule has 1 heterocycles. The Morgan fingerprint density at radius 2 is 2.16 bits per heavy atom. The summed E-state index contributed by atoms with van der Waals surface area (Å²) in [5, 5.41) is 10.1. The van der Waals surface area contributed by atoms with Crippen LogP contribution in [0.4, 0.5) is 4.79 Å². The number of methoxy groups -OCH3 is 1. The van der Waals surface area contributed by atoms with Crippen molar-refractivity contribution in [2.75, 3.05) is 26.8 Å². The lowest BCUT2D eigenvalue weighted by Gasteiger charge is -2.25. The lowest BCUT2D eigenvalue weighted by molar-refractivity contribution is 0.0263. The van der Waals surface area contributed by atoms with Crippen molar-refractivity contribution in [3.05, 3.63) is 0 Å². The molecule has 0 aromatic heterocycles. The number of rotatable bonds is 5. The summed E-state index contributed by atoms with van der Waals surface area (Å²) in [5.74, 6) is 0.157. The maximum atomic E-state index is 11.9. The van der Waals surface area contributed by atoms with Crippen LogP contribution in [0.5, 0.6) is 0 Å². The fraction of sp³-hybridized carbons (Fsp3) is 0.929. The first-order valence-corrected chi connectivity index (χ1v) is 6.98. The molecule has 0 aromatic rings. The standard InChI is InChI=1S/C14H27NO4/c1-14(2,3)19-13(17)15-8-7-11(10-15)12(16)6-5-9-18-4/h11-12,16H,5-10H2,1-4H3. The molecule has 2 unspecified atom stereocenters. The second kappa shape index (κ2) is 7.10. The Labute approximate surface area is 115 Å². The molecular weight excluding hydrogens is 246 g/mol. The largest absolute Gasteiger partial charge is 0.444 e. The summed E-state index contributed by atoms with van der Waals surface area (Å²) in [6.07, 6.45) is 1.77. The van der Waals surface area contributed by atoms with Gasteiger partial charge in [0.1, 0.15) is 5.60 Å². The van der Waals surface area contributed by atoms with Crippen LogP contribution in [-0.2, 0) is 9.47 Å². The van der Waals surface area contributed by atoms with Gasteiger partial charge in [0.2, 0.25) is 0 Å². The lowest BCUT2D eigenvalue weighted by Crippen LogP contribution is -2.36. The Kier molecular flexibility index (Phi) is 6.07. The van der Waals surface area contributed by atoms with Crippen LogP contribution < -0.4 is 0 Å². The highest BCUT2D eigenvalue weighted by atomic mass is 16.6. The third-order valence-electron chi connectivity index (χ3n) is 3.27. The number of aliphatic hydroxyl groups excluding tert-OH is 1. The summed E-state index contributed by atoms with van der Waals surface area (Å²) in [6.45, 7) is 7.50. The van der Waals surface area contributed by atoms with Gasteiger partial charge in [0.15, 0.2) is 0 Å². The SMILES string of the molecule is COCCCC(O)C1CCN(C(=O)OC(C)(C)C)C1. The van der Waals surface area contributed by atoms with Crippen LogP contribution in [0.2, 0.25) is 0 Å². The van der Waals surface area contributed by atoms with Crippen LogP contribution in [0.15, 0.2) is 0 Å². The van der Waals surface area contributed by atoms with Gasteiger partial charge in [-0.25, -0.2) is 4.79 Å². The number of amides is 1. The maximum absolute atomic E-state index is 11.9. The number of carbonyl (C=O) groups excluding carboxylic acids is 1. The highest BCUT2D eigenvalue weighted by Gasteiger charge is 2.32. The molecule has 2 atom stereocenters. The first-order valence-electron chi connectivity index (χ1n) is 6.98. The second-order valence-electron chi connectivity index (χ2n) is 6.18. The normalized spacial score (nSPS) is 21.5. The highest BCUT2D eigenvalue weighted by molar-refractivity contribution is 5.68. The third kappa shape index (κ3) is 5.78. The van der Waals surface area contributed by atoms with Gasteiger partial charge in [-0.1, -0.05) is 0 Å². The van der Waals surface area contributed by atoms with Crippen LogP contribution in [0.1, 0.15) is 40.0 Å². The molecule has 1 aliphatic rings. The molecule has 1 amide bonds. The zero-order valence-electron chi connectivity index (χ0n) is 12.5. The second-order valence-corrected chi connectivity index (χ2v) is 6.18. The number of likely N-dealkylation sites (tertiary alicyclic amines) is 1. The van der Waals surface area contributed by atoms with E-state index < -0.39 is 5.60 Å². The molecule has 0 saturated carbocycles. The van der Waals surface area contributed by atoms with Gasteiger partial charge in [-0.3, -0.25) is 0 Å². The van der Waals surface area contributed by atoms with E-state index in [4.69, 9.17) is 9.47 Å². The van der Waals surface area contributed by atoms with Crippen molar-refractivity contribution in [3.8, 4) is 0 Å². The summed E-state index contributed by atoms with van der Waals surface area (Å²) in [6, 6.07) is 0. The number of nitrogens with zero attached hydrogens (tertiary/aromatic N) is 1. The molecule has 1 aliphatic heterocycles. The Bertz CT molecular complexity index is 288. The van der Waals surface area contributed by atoms with E-state index in [0.29, 0.717) is 19.7 Å². The van der Waals surface area contributed by atoms with Gasteiger partial charge in [-0.05, 0) is 40.0 Å². The van der Waals surface area contributed by atoms with E-state index >= 15 is 0 Å². The molecule has 5 heteroatoms. The summed E-state index contributed by atoms with van der Waals surface area (Å²) >= 11 is 0. The fourth-order valence-corrected chi connectivity index (χ4v) is 2.27. The fourth-order valence-electron chi connectivity index (χ4n) is 2.27. The van der Waals surface area contributed by atoms with Crippen molar-refractivity contribution in [2.45, 2.75) is 51.7 Å². The minimum Gasteiger partial charge on any atom is -0.444 e. The van der Waals surface area contributed by atoms with Crippen LogP contribution >= 0.6 is 0 Å². The quantitative estimate of drug-likeness (QED) is 0.779. The molecule has 0 radical (unpaired) electrons. The minimum absolute atomic E-state index is 0.157. The van der Waals surface area contributed by atoms with E-state index in [2.05, 4.69) is 0 Å². The average Bonchev–Trinajstić information content (AvgIpc) is 2.76. The molecule has 112 valence electrons. The van der Waals surface area contributed by atoms with E-state index in [1.165, 1.54) is 0 Å². The van der Waals surface area contributed by atoms with Crippen LogP contribution in [-0.4, -0.2) is 54.6 Å². The molecule has 1 N–H and O–H groups in total. The lowest BCUT2D eigenvalue weighted by atomic mass is 9.98. The molecule has 1 fully saturated rings. The molecule has 1 rings (SSSR count). The number of hydrogen-bond acceptors (Lipinski definition) is 4. The van der Waals surface area contributed by atoms with E-state index in [9.17, 15) is 9.90 Å². The smallest absolute Gasteiger partial charge is 0.410 e. The average molecular weight is 273 g/mol. The van der Waals surface area contributed by atoms with Crippen LogP contribution in [0.3, 0.4) is 0 Å². The van der Waals surface area contributed by atoms with Gasteiger partial charge in [-0.2, -0.15) is 0 Å². The number of aliphatic hydroxyl groups is 1. The molecule has 5 nitrogen and oxygen atoms in total. The van der Waals surface area contributed by atoms with Crippen LogP contribution in [0, 0.1) is 5.92 Å². The molecule has 0 bridgehead atoms. The molecule has 1 saturated heterocycles. The topological polar surface area (TPSA) is 59.0 Å². The Balaban J connectivity index is 2.34. The summed E-state index contributed by atoms with van der Waals surface area (Å²) in [7, 11) is 1.66. The number of carbonyl (C=O) groups is 1.